The number of nitrogens with one attached hydrogen (secondary N) is 1. The molecule has 4 rings (SSSR count). The second kappa shape index (κ2) is 7.65. The van der Waals surface area contributed by atoms with Crippen molar-refractivity contribution in [3.63, 3.8) is 0 Å². The molecule has 166 valence electrons. The number of aromatic nitrogens is 5. The van der Waals surface area contributed by atoms with E-state index < -0.39 is 35.0 Å². The van der Waals surface area contributed by atoms with Gasteiger partial charge in [0.15, 0.2) is 5.79 Å². The first kappa shape index (κ1) is 23.8. The number of carbonyl (C=O) groups excluding carboxylic acids is 1. The molecule has 0 saturated heterocycles. The topological polar surface area (TPSA) is 224 Å². The van der Waals surface area contributed by atoms with Crippen molar-refractivity contribution in [2.24, 2.45) is 11.7 Å². The van der Waals surface area contributed by atoms with Gasteiger partial charge >= 0.3 is 0 Å². The monoisotopic (exact) mass is 442 g/mol. The maximum absolute atomic E-state index is 10.3. The summed E-state index contributed by atoms with van der Waals surface area (Å²) in [6, 6.07) is 1.76. The van der Waals surface area contributed by atoms with E-state index in [4.69, 9.17) is 15.7 Å². The summed E-state index contributed by atoms with van der Waals surface area (Å²) >= 11 is 0. The second-order valence-corrected chi connectivity index (χ2v) is 7.57. The van der Waals surface area contributed by atoms with Crippen molar-refractivity contribution >= 4 is 32.6 Å². The summed E-state index contributed by atoms with van der Waals surface area (Å²) in [6.07, 6.45) is 5.91. The Hall–Kier alpha value is -2.81. The Bertz CT molecular complexity index is 1110. The van der Waals surface area contributed by atoms with Crippen molar-refractivity contribution in [3.8, 4) is 11.3 Å². The van der Waals surface area contributed by atoms with Crippen molar-refractivity contribution in [1.82, 2.24) is 24.7 Å². The molecule has 1 aliphatic rings. The van der Waals surface area contributed by atoms with Gasteiger partial charge in [0.25, 0.3) is 0 Å². The molecule has 3 aromatic rings. The number of nitrogens with two attached hydrogens (primary N) is 1. The Balaban J connectivity index is 0.000000668. The van der Waals surface area contributed by atoms with Crippen LogP contribution in [-0.4, -0.2) is 94.3 Å². The van der Waals surface area contributed by atoms with Crippen LogP contribution in [0.5, 0.6) is 0 Å². The first-order chi connectivity index (χ1) is 14.6. The van der Waals surface area contributed by atoms with Crippen LogP contribution in [0.4, 0.5) is 0 Å². The van der Waals surface area contributed by atoms with E-state index in [1.165, 1.54) is 25.6 Å². The highest BCUT2D eigenvalue weighted by Gasteiger charge is 2.78. The number of nitrogens with zero attached hydrogens (tertiary/aromatic N) is 4. The van der Waals surface area contributed by atoms with Crippen LogP contribution >= 0.6 is 0 Å². The highest BCUT2D eigenvalue weighted by Crippen LogP contribution is 2.59. The van der Waals surface area contributed by atoms with Crippen LogP contribution in [-0.2, 0) is 11.3 Å². The normalized spacial score (nSPS) is 22.3. The van der Waals surface area contributed by atoms with Gasteiger partial charge in [0, 0.05) is 35.5 Å². The van der Waals surface area contributed by atoms with Gasteiger partial charge in [0.1, 0.15) is 12.0 Å². The third-order valence-corrected chi connectivity index (χ3v) is 5.30. The Morgan fingerprint density at radius 3 is 2.38 bits per heavy atom. The smallest absolute Gasteiger partial charge is 0.227 e. The van der Waals surface area contributed by atoms with Gasteiger partial charge in [-0.1, -0.05) is 0 Å². The number of rotatable bonds is 3. The Morgan fingerprint density at radius 2 is 1.81 bits per heavy atom. The van der Waals surface area contributed by atoms with Crippen LogP contribution in [0.15, 0.2) is 31.0 Å². The van der Waals surface area contributed by atoms with E-state index in [9.17, 15) is 35.4 Å². The van der Waals surface area contributed by atoms with Crippen LogP contribution in [0.1, 0.15) is 6.92 Å². The fraction of sp³-hybridized carbons (Fsp3) is 0.412. The average molecular weight is 442 g/mol. The molecule has 15 heteroatoms. The van der Waals surface area contributed by atoms with Crippen molar-refractivity contribution in [3.05, 3.63) is 31.0 Å². The molecule has 1 unspecified atom stereocenters. The predicted molar refractivity (Wildman–Crippen MR) is 109 cm³/mol. The van der Waals surface area contributed by atoms with Gasteiger partial charge in [-0.2, -0.15) is 5.10 Å². The fourth-order valence-electron chi connectivity index (χ4n) is 3.50. The second-order valence-electron chi connectivity index (χ2n) is 7.57. The molecule has 1 amide bonds. The molecule has 1 saturated carbocycles. The van der Waals surface area contributed by atoms with E-state index in [0.29, 0.717) is 22.3 Å². The molecule has 1 fully saturated rings. The number of amides is 1. The van der Waals surface area contributed by atoms with Gasteiger partial charge in [0.2, 0.25) is 17.5 Å². The summed E-state index contributed by atoms with van der Waals surface area (Å²) in [5.74, 6) is -12.7. The van der Waals surface area contributed by atoms with Gasteiger partial charge in [-0.15, -0.1) is 0 Å². The van der Waals surface area contributed by atoms with Gasteiger partial charge in [-0.3, -0.25) is 9.48 Å². The van der Waals surface area contributed by atoms with Gasteiger partial charge in [0.05, 0.1) is 40.0 Å². The summed E-state index contributed by atoms with van der Waals surface area (Å²) in [7, 11) is 10.8. The zero-order chi connectivity index (χ0) is 24.1. The minimum absolute atomic E-state index is 0.333. The molecule has 13 nitrogen and oxygen atoms in total. The van der Waals surface area contributed by atoms with E-state index in [1.54, 1.807) is 12.3 Å². The number of H-pyrrole nitrogens is 1. The average Bonchev–Trinajstić information content (AvgIpc) is 3.34. The van der Waals surface area contributed by atoms with E-state index in [1.807, 2.05) is 0 Å². The minimum Gasteiger partial charge on any atom is -0.370 e. The molecular weight excluding hydrogens is 422 g/mol. The van der Waals surface area contributed by atoms with Crippen molar-refractivity contribution in [2.75, 3.05) is 0 Å². The minimum atomic E-state index is -3.62. The zero-order valence-corrected chi connectivity index (χ0v) is 16.8. The maximum atomic E-state index is 10.3. The van der Waals surface area contributed by atoms with Crippen molar-refractivity contribution in [1.29, 1.82) is 0 Å². The Kier molecular flexibility index (Phi) is 5.70. The molecule has 3 heterocycles. The molecule has 0 aliphatic heterocycles. The first-order valence-electron chi connectivity index (χ1n) is 9.13. The Morgan fingerprint density at radius 1 is 1.19 bits per heavy atom. The van der Waals surface area contributed by atoms with Crippen molar-refractivity contribution < 1.29 is 35.4 Å². The van der Waals surface area contributed by atoms with E-state index in [2.05, 4.69) is 25.8 Å². The van der Waals surface area contributed by atoms with Gasteiger partial charge in [-0.25, -0.2) is 9.97 Å². The third-order valence-electron chi connectivity index (χ3n) is 5.30. The lowest BCUT2D eigenvalue weighted by molar-refractivity contribution is -0.358. The summed E-state index contributed by atoms with van der Waals surface area (Å²) in [5, 5.41) is 62.4. The third kappa shape index (κ3) is 3.48. The summed E-state index contributed by atoms with van der Waals surface area (Å²) in [4.78, 5) is 20.4. The highest BCUT2D eigenvalue weighted by molar-refractivity contribution is 6.42. The number of hydrogen-bond donors (Lipinski definition) is 8. The largest absolute Gasteiger partial charge is 0.370 e. The highest BCUT2D eigenvalue weighted by atomic mass is 16.6. The quantitative estimate of drug-likeness (QED) is 0.147. The molecular formula is C17H20B2N6O7. The van der Waals surface area contributed by atoms with Crippen LogP contribution in [0.3, 0.4) is 0 Å². The fourth-order valence-corrected chi connectivity index (χ4v) is 3.50. The number of aliphatic hydroxyl groups is 6. The number of hydrogen-bond acceptors (Lipinski definition) is 10. The Labute approximate surface area is 183 Å². The van der Waals surface area contributed by atoms with E-state index in [-0.39, 0.29) is 5.91 Å². The van der Waals surface area contributed by atoms with Gasteiger partial charge < -0.3 is 41.4 Å². The van der Waals surface area contributed by atoms with Crippen LogP contribution in [0, 0.1) is 5.92 Å². The molecule has 9 N–H and O–H groups in total. The van der Waals surface area contributed by atoms with Gasteiger partial charge in [-0.05, 0) is 6.07 Å². The molecule has 32 heavy (non-hydrogen) atoms. The first-order valence-corrected chi connectivity index (χ1v) is 9.13. The molecule has 4 radical (unpaired) electrons. The summed E-state index contributed by atoms with van der Waals surface area (Å²) < 4.78 is 1.14. The lowest BCUT2D eigenvalue weighted by Gasteiger charge is -2.40. The van der Waals surface area contributed by atoms with Crippen LogP contribution < -0.4 is 5.73 Å². The molecule has 1 atom stereocenters. The molecule has 0 aromatic carbocycles. The SMILES string of the molecule is CC(N)=O.[B]C1([B])C(O)(O)C(Cn2cc(-c3ncnc4[nH]ccc34)cn2)C(O)(O)C1(O)O. The molecule has 0 spiro atoms. The lowest BCUT2D eigenvalue weighted by Crippen LogP contribution is -2.59. The number of carbonyl (C=O) groups is 1. The number of aromatic amines is 1. The van der Waals surface area contributed by atoms with Crippen molar-refractivity contribution in [2.45, 2.75) is 36.0 Å². The molecule has 0 bridgehead atoms. The summed E-state index contributed by atoms with van der Waals surface area (Å²) in [5.41, 5.74) is 6.14. The van der Waals surface area contributed by atoms with E-state index in [0.717, 1.165) is 4.68 Å². The lowest BCUT2D eigenvalue weighted by atomic mass is 9.47. The number of fused-ring (bicyclic) bond motifs is 1. The predicted octanol–water partition coefficient (Wildman–Crippen LogP) is -3.56. The molecule has 3 aromatic heterocycles. The maximum Gasteiger partial charge on any atom is 0.227 e. The molecule has 1 aliphatic carbocycles. The number of primary amides is 1. The van der Waals surface area contributed by atoms with Crippen LogP contribution in [0.2, 0.25) is 5.21 Å². The van der Waals surface area contributed by atoms with E-state index >= 15 is 0 Å². The standard InChI is InChI=1S/C15H15B2N5O6.C2H5NO/c16-14(17)12(23,24)9(13(25,26)15(14,27)28)5-22-4-7(3-21-22)10-8-1-2-18-11(8)20-6-19-10;1-2(3)4/h1-4,6,9,23-28H,5H2,(H,18,19,20);1H3,(H2,3,4). The van der Waals surface area contributed by atoms with Crippen LogP contribution in [0.25, 0.3) is 22.3 Å². The zero-order valence-electron chi connectivity index (χ0n) is 16.8. The summed E-state index contributed by atoms with van der Waals surface area (Å²) in [6.45, 7) is 0.736.